The molecule has 0 spiro atoms. The van der Waals surface area contributed by atoms with E-state index in [1.54, 1.807) is 0 Å². The Balaban J connectivity index is 0.00000342. The third-order valence-electron chi connectivity index (χ3n) is 4.08. The molecule has 1 aromatic carbocycles. The van der Waals surface area contributed by atoms with Gasteiger partial charge in [0.1, 0.15) is 27.9 Å². The molecule has 18 heteroatoms. The van der Waals surface area contributed by atoms with Gasteiger partial charge >= 0.3 is 18.0 Å². The highest BCUT2D eigenvalue weighted by Gasteiger charge is 2.38. The molecule has 0 aliphatic carbocycles. The van der Waals surface area contributed by atoms with Crippen molar-refractivity contribution in [3.05, 3.63) is 45.6 Å². The summed E-state index contributed by atoms with van der Waals surface area (Å²) in [5.41, 5.74) is -1.30. The molecule has 37 heavy (non-hydrogen) atoms. The Morgan fingerprint density at radius 2 is 1.78 bits per heavy atom. The van der Waals surface area contributed by atoms with Crippen molar-refractivity contribution in [2.24, 2.45) is 0 Å². The lowest BCUT2D eigenvalue weighted by molar-refractivity contribution is -0.140. The lowest BCUT2D eigenvalue weighted by Gasteiger charge is -2.11. The van der Waals surface area contributed by atoms with E-state index in [1.807, 2.05) is 5.32 Å². The molecule has 2 aromatic rings. The Bertz CT molecular complexity index is 1260. The van der Waals surface area contributed by atoms with E-state index < -0.39 is 53.6 Å². The zero-order valence-electron chi connectivity index (χ0n) is 18.4. The van der Waals surface area contributed by atoms with E-state index in [2.05, 4.69) is 10.3 Å². The molecule has 3 rings (SSSR count). The number of aliphatic carboxylic acids is 1. The molecule has 0 unspecified atom stereocenters. The molecule has 0 saturated carbocycles. The summed E-state index contributed by atoms with van der Waals surface area (Å²) in [6.45, 7) is 0.756. The topological polar surface area (TPSA) is 201 Å². The number of nitrogens with one attached hydrogen (secondary N) is 2. The molecular weight excluding hydrogens is 565 g/mol. The number of thioether (sulfide) groups is 1. The second-order valence-corrected chi connectivity index (χ2v) is 8.94. The molecule has 3 amide bonds. The van der Waals surface area contributed by atoms with Gasteiger partial charge in [0.2, 0.25) is 0 Å². The highest BCUT2D eigenvalue weighted by atomic mass is 32.2. The smallest absolute Gasteiger partial charge is 0.341 e. The number of anilines is 2. The molecule has 0 radical (unpaired) electrons. The Morgan fingerprint density at radius 3 is 2.35 bits per heavy atom. The number of carboxylic acid groups (broad SMARTS) is 1. The number of esters is 1. The molecule has 1 aromatic heterocycles. The number of thiazole rings is 1. The van der Waals surface area contributed by atoms with Gasteiger partial charge in [-0.25, -0.2) is 27.7 Å². The van der Waals surface area contributed by atoms with Gasteiger partial charge in [-0.05, 0) is 6.92 Å². The molecule has 12 nitrogen and oxygen atoms in total. The molecule has 2 heterocycles. The van der Waals surface area contributed by atoms with Crippen molar-refractivity contribution in [2.45, 2.75) is 6.92 Å². The van der Waals surface area contributed by atoms with Crippen molar-refractivity contribution < 1.29 is 53.1 Å². The molecular formula is C19H17F3N4O8S3. The van der Waals surface area contributed by atoms with Crippen molar-refractivity contribution in [2.75, 3.05) is 23.8 Å². The summed E-state index contributed by atoms with van der Waals surface area (Å²) in [6.07, 6.45) is 0. The van der Waals surface area contributed by atoms with E-state index in [9.17, 15) is 32.3 Å². The largest absolute Gasteiger partial charge is 0.480 e. The first-order valence-electron chi connectivity index (χ1n) is 9.37. The molecule has 1 saturated heterocycles. The number of carbonyl (C=O) groups is 4. The number of aromatic nitrogens is 1. The second kappa shape index (κ2) is 13.1. The van der Waals surface area contributed by atoms with Crippen LogP contribution in [0.3, 0.4) is 0 Å². The van der Waals surface area contributed by atoms with Crippen LogP contribution >= 0.6 is 35.3 Å². The minimum Gasteiger partial charge on any atom is -0.480 e. The van der Waals surface area contributed by atoms with Crippen LogP contribution in [-0.4, -0.2) is 67.3 Å². The number of hydrogen-bond acceptors (Lipinski definition) is 9. The predicted molar refractivity (Wildman–Crippen MR) is 131 cm³/mol. The summed E-state index contributed by atoms with van der Waals surface area (Å²) in [5, 5.41) is 14.2. The van der Waals surface area contributed by atoms with Crippen LogP contribution in [0.4, 0.5) is 28.8 Å². The number of carboxylic acids is 1. The Hall–Kier alpha value is -3.58. The van der Waals surface area contributed by atoms with Crippen LogP contribution in [0.15, 0.2) is 22.4 Å². The summed E-state index contributed by atoms with van der Waals surface area (Å²) < 4.78 is 45.4. The van der Waals surface area contributed by atoms with Gasteiger partial charge in [0.05, 0.1) is 17.2 Å². The minimum atomic E-state index is -1.34. The minimum absolute atomic E-state index is 0. The van der Waals surface area contributed by atoms with E-state index in [0.29, 0.717) is 23.9 Å². The van der Waals surface area contributed by atoms with E-state index >= 15 is 0 Å². The van der Waals surface area contributed by atoms with E-state index in [0.717, 1.165) is 16.2 Å². The van der Waals surface area contributed by atoms with Gasteiger partial charge in [-0.3, -0.25) is 19.8 Å². The summed E-state index contributed by atoms with van der Waals surface area (Å²) in [4.78, 5) is 53.2. The fourth-order valence-electron chi connectivity index (χ4n) is 2.69. The van der Waals surface area contributed by atoms with Gasteiger partial charge < -0.3 is 26.1 Å². The third kappa shape index (κ3) is 7.23. The van der Waals surface area contributed by atoms with E-state index in [-0.39, 0.29) is 43.2 Å². The summed E-state index contributed by atoms with van der Waals surface area (Å²) in [6, 6.07) is -0.362. The summed E-state index contributed by atoms with van der Waals surface area (Å²) in [7, 11) is 0. The normalized spacial score (nSPS) is 13.9. The summed E-state index contributed by atoms with van der Waals surface area (Å²) in [5.74, 6) is -6.96. The van der Waals surface area contributed by atoms with Crippen molar-refractivity contribution in [1.29, 1.82) is 0 Å². The first kappa shape index (κ1) is 31.4. The Labute approximate surface area is 219 Å². The molecule has 1 aliphatic heterocycles. The van der Waals surface area contributed by atoms with Crippen LogP contribution in [0.2, 0.25) is 0 Å². The molecule has 0 bridgehead atoms. The zero-order valence-corrected chi connectivity index (χ0v) is 20.8. The number of urea groups is 1. The van der Waals surface area contributed by atoms with Crippen LogP contribution in [0, 0.1) is 17.5 Å². The predicted octanol–water partition coefficient (Wildman–Crippen LogP) is 1.77. The average Bonchev–Trinajstić information content (AvgIpc) is 3.31. The number of ether oxygens (including phenoxy) is 1. The van der Waals surface area contributed by atoms with Gasteiger partial charge in [-0.2, -0.15) is 0 Å². The van der Waals surface area contributed by atoms with Gasteiger partial charge in [-0.15, -0.1) is 11.3 Å². The molecule has 1 fully saturated rings. The number of amides is 3. The third-order valence-corrected chi connectivity index (χ3v) is 6.28. The van der Waals surface area contributed by atoms with Gasteiger partial charge in [0.15, 0.2) is 16.8 Å². The lowest BCUT2D eigenvalue weighted by atomic mass is 10.2. The quantitative estimate of drug-likeness (QED) is 0.247. The Morgan fingerprint density at radius 1 is 1.16 bits per heavy atom. The number of rotatable bonds is 7. The monoisotopic (exact) mass is 582 g/mol. The molecule has 7 N–H and O–H groups in total. The van der Waals surface area contributed by atoms with Crippen LogP contribution in [0.25, 0.3) is 5.57 Å². The fraction of sp³-hybridized carbons (Fsp3) is 0.158. The van der Waals surface area contributed by atoms with Gasteiger partial charge in [0, 0.05) is 17.5 Å². The van der Waals surface area contributed by atoms with Crippen LogP contribution in [-0.2, 0) is 19.1 Å². The van der Waals surface area contributed by atoms with Gasteiger partial charge in [-0.1, -0.05) is 24.0 Å². The maximum absolute atomic E-state index is 13.8. The number of nitrogens with zero attached hydrogens (tertiary/aromatic N) is 2. The van der Waals surface area contributed by atoms with Crippen molar-refractivity contribution in [3.63, 3.8) is 0 Å². The standard InChI is InChI=1S/C19H13F3N4O6S3.2H2O/c1-2-32-16(30)12(14-15(29)26(5-11(27)28)19(33)35-14)10-6-34-18(23-10)25-17(31)24-13-8(21)3-7(20)4-9(13)22;;/h3-4,6H,2,5H2,1H3,(H,27,28)(H2,23,24,25,31);2*1H2. The first-order chi connectivity index (χ1) is 16.5. The van der Waals surface area contributed by atoms with Crippen LogP contribution in [0.1, 0.15) is 12.6 Å². The number of hydrogen-bond donors (Lipinski definition) is 3. The van der Waals surface area contributed by atoms with Crippen molar-refractivity contribution in [3.8, 4) is 0 Å². The van der Waals surface area contributed by atoms with Crippen molar-refractivity contribution in [1.82, 2.24) is 9.88 Å². The average molecular weight is 583 g/mol. The van der Waals surface area contributed by atoms with E-state index in [1.165, 1.54) is 12.3 Å². The van der Waals surface area contributed by atoms with Gasteiger partial charge in [0.25, 0.3) is 5.91 Å². The van der Waals surface area contributed by atoms with Crippen LogP contribution < -0.4 is 10.6 Å². The molecule has 0 atom stereocenters. The number of halogens is 3. The van der Waals surface area contributed by atoms with Crippen LogP contribution in [0.5, 0.6) is 0 Å². The maximum Gasteiger partial charge on any atom is 0.341 e. The van der Waals surface area contributed by atoms with E-state index in [4.69, 9.17) is 22.1 Å². The number of thiocarbonyl (C=S) groups is 1. The Kier molecular flexibility index (Phi) is 11.1. The first-order valence-corrected chi connectivity index (χ1v) is 11.5. The highest BCUT2D eigenvalue weighted by Crippen LogP contribution is 2.38. The number of benzene rings is 1. The SMILES string of the molecule is CCOC(=O)C(=C1SC(=S)N(CC(=O)O)C1=O)c1csc(NC(=O)Nc2c(F)cc(F)cc2F)n1.O.O. The second-order valence-electron chi connectivity index (χ2n) is 6.44. The number of carbonyl (C=O) groups excluding carboxylic acids is 3. The molecule has 200 valence electrons. The van der Waals surface area contributed by atoms with Crippen molar-refractivity contribution >= 4 is 79.9 Å². The fourth-order valence-corrected chi connectivity index (χ4v) is 4.70. The highest BCUT2D eigenvalue weighted by molar-refractivity contribution is 8.26. The maximum atomic E-state index is 13.8. The summed E-state index contributed by atoms with van der Waals surface area (Å²) >= 11 is 6.52. The lowest BCUT2D eigenvalue weighted by Crippen LogP contribution is -2.33. The zero-order chi connectivity index (χ0) is 25.9. The molecule has 1 aliphatic rings.